The maximum atomic E-state index is 2.58. The highest BCUT2D eigenvalue weighted by Crippen LogP contribution is 2.63. The molecule has 0 N–H and O–H groups in total. The molecule has 0 saturated heterocycles. The summed E-state index contributed by atoms with van der Waals surface area (Å²) >= 11 is 0. The van der Waals surface area contributed by atoms with Crippen LogP contribution in [0.1, 0.15) is 47.6 Å². The van der Waals surface area contributed by atoms with Crippen molar-refractivity contribution in [1.29, 1.82) is 0 Å². The van der Waals surface area contributed by atoms with Gasteiger partial charge in [0.1, 0.15) is 0 Å². The molecule has 0 saturated carbocycles. The topological polar surface area (TPSA) is 3.24 Å². The first-order chi connectivity index (χ1) is 29.1. The van der Waals surface area contributed by atoms with Crippen LogP contribution >= 0.6 is 0 Å². The summed E-state index contributed by atoms with van der Waals surface area (Å²) in [5, 5.41) is 0. The van der Waals surface area contributed by atoms with Crippen LogP contribution in [0.4, 0.5) is 17.1 Å². The van der Waals surface area contributed by atoms with Gasteiger partial charge in [-0.25, -0.2) is 0 Å². The summed E-state index contributed by atoms with van der Waals surface area (Å²) < 4.78 is 0. The number of hydrogen-bond donors (Lipinski definition) is 0. The molecule has 0 spiro atoms. The van der Waals surface area contributed by atoms with Gasteiger partial charge in [0.15, 0.2) is 0 Å². The minimum Gasteiger partial charge on any atom is -0.309 e. The molecule has 1 aliphatic heterocycles. The highest BCUT2D eigenvalue weighted by molar-refractivity contribution is 6.03. The third kappa shape index (κ3) is 5.69. The Morgan fingerprint density at radius 2 is 0.881 bits per heavy atom. The van der Waals surface area contributed by atoms with E-state index in [9.17, 15) is 0 Å². The van der Waals surface area contributed by atoms with Gasteiger partial charge >= 0.3 is 0 Å². The van der Waals surface area contributed by atoms with E-state index in [0.717, 1.165) is 5.69 Å². The maximum absolute atomic E-state index is 2.58. The van der Waals surface area contributed by atoms with E-state index in [1.807, 2.05) is 0 Å². The van der Waals surface area contributed by atoms with Crippen LogP contribution in [0.15, 0.2) is 218 Å². The molecule has 0 bridgehead atoms. The van der Waals surface area contributed by atoms with Crippen LogP contribution < -0.4 is 4.90 Å². The predicted octanol–water partition coefficient (Wildman–Crippen LogP) is 15.6. The van der Waals surface area contributed by atoms with Gasteiger partial charge in [-0.05, 0) is 114 Å². The molecule has 1 aliphatic carbocycles. The Balaban J connectivity index is 1.31. The average molecular weight is 754 g/mol. The van der Waals surface area contributed by atoms with Crippen molar-refractivity contribution in [3.63, 3.8) is 0 Å². The lowest BCUT2D eigenvalue weighted by Gasteiger charge is -2.42. The number of anilines is 3. The molecule has 0 radical (unpaired) electrons. The highest BCUT2D eigenvalue weighted by atomic mass is 15.2. The van der Waals surface area contributed by atoms with Crippen molar-refractivity contribution >= 4 is 17.1 Å². The summed E-state index contributed by atoms with van der Waals surface area (Å²) in [4.78, 5) is 2.58. The molecular formula is C58H43N. The van der Waals surface area contributed by atoms with Gasteiger partial charge in [0.2, 0.25) is 0 Å². The number of benzene rings is 9. The van der Waals surface area contributed by atoms with Gasteiger partial charge in [0.05, 0.1) is 11.4 Å². The summed E-state index contributed by atoms with van der Waals surface area (Å²) in [6.45, 7) is 4.85. The molecule has 1 atom stereocenters. The van der Waals surface area contributed by atoms with Crippen molar-refractivity contribution in [2.45, 2.75) is 25.2 Å². The fourth-order valence-corrected chi connectivity index (χ4v) is 9.93. The number of rotatable bonds is 6. The fourth-order valence-electron chi connectivity index (χ4n) is 9.93. The molecule has 1 heterocycles. The first-order valence-corrected chi connectivity index (χ1v) is 20.7. The molecular weight excluding hydrogens is 711 g/mol. The van der Waals surface area contributed by atoms with Crippen LogP contribution in [0.25, 0.3) is 55.6 Å². The molecule has 0 fully saturated rings. The van der Waals surface area contributed by atoms with Gasteiger partial charge in [-0.3, -0.25) is 0 Å². The van der Waals surface area contributed by atoms with E-state index in [0.29, 0.717) is 0 Å². The Bertz CT molecular complexity index is 2970. The quantitative estimate of drug-likeness (QED) is 0.163. The predicted molar refractivity (Wildman–Crippen MR) is 248 cm³/mol. The molecule has 280 valence electrons. The lowest BCUT2D eigenvalue weighted by molar-refractivity contribution is 0.660. The van der Waals surface area contributed by atoms with E-state index >= 15 is 0 Å². The molecule has 1 heteroatoms. The van der Waals surface area contributed by atoms with Crippen LogP contribution in [0.5, 0.6) is 0 Å². The number of para-hydroxylation sites is 1. The SMILES string of the molecule is CC1(C)c2cc(-c3ccccc3)ccc2-c2c1cc(-c1ccccc1)c1c2C(c2ccccc2)c2cc(-c3ccccc3)c(-c3ccccc3)cc2N1c1ccccc1. The normalized spacial score (nSPS) is 14.5. The number of nitrogens with zero attached hydrogens (tertiary/aromatic N) is 1. The molecule has 0 amide bonds. The lowest BCUT2D eigenvalue weighted by Crippen LogP contribution is -2.25. The Hall–Kier alpha value is -7.22. The van der Waals surface area contributed by atoms with Gasteiger partial charge < -0.3 is 4.90 Å². The Morgan fingerprint density at radius 1 is 0.390 bits per heavy atom. The average Bonchev–Trinajstić information content (AvgIpc) is 3.54. The molecule has 1 nitrogen and oxygen atoms in total. The van der Waals surface area contributed by atoms with Crippen LogP contribution in [0.2, 0.25) is 0 Å². The summed E-state index contributed by atoms with van der Waals surface area (Å²) in [6, 6.07) is 80.7. The van der Waals surface area contributed by atoms with Crippen molar-refractivity contribution < 1.29 is 0 Å². The number of hydrogen-bond acceptors (Lipinski definition) is 1. The molecule has 2 aliphatic rings. The van der Waals surface area contributed by atoms with Gasteiger partial charge in [-0.15, -0.1) is 0 Å². The highest BCUT2D eigenvalue weighted by Gasteiger charge is 2.44. The standard InChI is InChI=1S/C58H43N/c1-58(2)51-35-44(39-21-9-3-10-22-39)33-34-46(51)55-52(58)37-49(42-27-15-6-16-28-42)57-56(55)54(43-29-17-7-18-30-43)50-36-47(40-23-11-4-12-24-40)48(41-25-13-5-14-26-41)38-53(50)59(57)45-31-19-8-20-32-45/h3-38,54H,1-2H3. The van der Waals surface area contributed by atoms with Crippen molar-refractivity contribution in [2.24, 2.45) is 0 Å². The van der Waals surface area contributed by atoms with Crippen molar-refractivity contribution in [3.8, 4) is 55.6 Å². The van der Waals surface area contributed by atoms with E-state index in [1.54, 1.807) is 0 Å². The van der Waals surface area contributed by atoms with E-state index < -0.39 is 0 Å². The van der Waals surface area contributed by atoms with Gasteiger partial charge in [-0.2, -0.15) is 0 Å². The van der Waals surface area contributed by atoms with E-state index in [4.69, 9.17) is 0 Å². The summed E-state index contributed by atoms with van der Waals surface area (Å²) in [5.74, 6) is -0.0543. The molecule has 1 unspecified atom stereocenters. The number of fused-ring (bicyclic) bond motifs is 6. The van der Waals surface area contributed by atoms with Crippen molar-refractivity contribution in [3.05, 3.63) is 246 Å². The maximum Gasteiger partial charge on any atom is 0.0588 e. The summed E-state index contributed by atoms with van der Waals surface area (Å²) in [7, 11) is 0. The van der Waals surface area contributed by atoms with Gasteiger partial charge in [0.25, 0.3) is 0 Å². The van der Waals surface area contributed by atoms with Crippen LogP contribution in [0.3, 0.4) is 0 Å². The smallest absolute Gasteiger partial charge is 0.0588 e. The first-order valence-electron chi connectivity index (χ1n) is 20.7. The van der Waals surface area contributed by atoms with Crippen molar-refractivity contribution in [2.75, 3.05) is 4.90 Å². The summed E-state index contributed by atoms with van der Waals surface area (Å²) in [5.41, 5.74) is 22.5. The van der Waals surface area contributed by atoms with Crippen LogP contribution in [-0.2, 0) is 5.41 Å². The lowest BCUT2D eigenvalue weighted by atomic mass is 9.72. The molecule has 9 aromatic carbocycles. The van der Waals surface area contributed by atoms with E-state index in [2.05, 4.69) is 237 Å². The second-order valence-electron chi connectivity index (χ2n) is 16.4. The zero-order chi connectivity index (χ0) is 39.5. The zero-order valence-electron chi connectivity index (χ0n) is 33.3. The minimum absolute atomic E-state index is 0.0543. The minimum atomic E-state index is -0.251. The Labute approximate surface area is 347 Å². The van der Waals surface area contributed by atoms with Gasteiger partial charge in [0, 0.05) is 22.6 Å². The summed E-state index contributed by atoms with van der Waals surface area (Å²) in [6.07, 6.45) is 0. The zero-order valence-corrected chi connectivity index (χ0v) is 33.3. The van der Waals surface area contributed by atoms with E-state index in [-0.39, 0.29) is 11.3 Å². The fraction of sp³-hybridized carbons (Fsp3) is 0.0690. The molecule has 59 heavy (non-hydrogen) atoms. The third-order valence-corrected chi connectivity index (χ3v) is 12.7. The second kappa shape index (κ2) is 14.0. The largest absolute Gasteiger partial charge is 0.309 e. The van der Waals surface area contributed by atoms with E-state index in [1.165, 1.54) is 94.8 Å². The molecule has 9 aromatic rings. The first kappa shape index (κ1) is 35.0. The Kier molecular flexibility index (Phi) is 8.31. The molecule has 0 aromatic heterocycles. The monoisotopic (exact) mass is 753 g/mol. The van der Waals surface area contributed by atoms with Crippen LogP contribution in [-0.4, -0.2) is 0 Å². The van der Waals surface area contributed by atoms with Crippen LogP contribution in [0, 0.1) is 0 Å². The third-order valence-electron chi connectivity index (χ3n) is 12.7. The van der Waals surface area contributed by atoms with Crippen molar-refractivity contribution in [1.82, 2.24) is 0 Å². The van der Waals surface area contributed by atoms with Gasteiger partial charge in [-0.1, -0.05) is 196 Å². The second-order valence-corrected chi connectivity index (χ2v) is 16.4. The molecule has 11 rings (SSSR count). The Morgan fingerprint density at radius 3 is 1.46 bits per heavy atom.